The second-order valence-corrected chi connectivity index (χ2v) is 7.55. The van der Waals surface area contributed by atoms with Crippen molar-refractivity contribution in [3.63, 3.8) is 0 Å². The van der Waals surface area contributed by atoms with Gasteiger partial charge in [0.1, 0.15) is 16.4 Å². The minimum absolute atomic E-state index is 0.0473. The molecule has 0 saturated carbocycles. The Bertz CT molecular complexity index is 836. The summed E-state index contributed by atoms with van der Waals surface area (Å²) in [6, 6.07) is 1.29. The minimum Gasteiger partial charge on any atom is -0.364 e. The van der Waals surface area contributed by atoms with E-state index in [2.05, 4.69) is 14.3 Å². The van der Waals surface area contributed by atoms with Crippen LogP contribution in [0.3, 0.4) is 0 Å². The highest BCUT2D eigenvalue weighted by atomic mass is 32.2. The number of nitrogens with two attached hydrogens (primary N) is 1. The van der Waals surface area contributed by atoms with E-state index in [0.29, 0.717) is 6.54 Å². The van der Waals surface area contributed by atoms with Crippen molar-refractivity contribution in [3.05, 3.63) is 36.2 Å². The number of nitrogens with one attached hydrogen (secondary N) is 1. The molecule has 1 atom stereocenters. The second kappa shape index (κ2) is 5.82. The van der Waals surface area contributed by atoms with Gasteiger partial charge in [-0.2, -0.15) is 0 Å². The molecule has 0 aliphatic carbocycles. The van der Waals surface area contributed by atoms with Gasteiger partial charge in [0.2, 0.25) is 10.0 Å². The van der Waals surface area contributed by atoms with Gasteiger partial charge in [0.25, 0.3) is 5.91 Å². The normalized spacial score (nSPS) is 17.9. The lowest BCUT2D eigenvalue weighted by Gasteiger charge is -2.23. The van der Waals surface area contributed by atoms with Crippen LogP contribution in [0.15, 0.2) is 29.6 Å². The molecular weight excluding hydrogens is 318 g/mol. The molecule has 9 heteroatoms. The van der Waals surface area contributed by atoms with Gasteiger partial charge in [-0.15, -0.1) is 0 Å². The number of carbonyl (C=O) groups is 1. The van der Waals surface area contributed by atoms with Crippen molar-refractivity contribution < 1.29 is 13.2 Å². The first-order valence-electron chi connectivity index (χ1n) is 7.32. The molecule has 0 spiro atoms. The van der Waals surface area contributed by atoms with Crippen LogP contribution in [-0.2, 0) is 30.0 Å². The number of aryl methyl sites for hydroxylation is 2. The van der Waals surface area contributed by atoms with E-state index in [4.69, 9.17) is 5.73 Å². The molecule has 0 radical (unpaired) electrons. The number of amides is 1. The SMILES string of the molecule is Cn1cc(S(=O)(=O)NC[C@@H]2CCn3ccnc3C2)cc1C(N)=O. The number of primary amides is 1. The lowest BCUT2D eigenvalue weighted by atomic mass is 9.98. The summed E-state index contributed by atoms with van der Waals surface area (Å²) in [5.41, 5.74) is 5.37. The molecule has 8 nitrogen and oxygen atoms in total. The van der Waals surface area contributed by atoms with Crippen LogP contribution in [0.1, 0.15) is 22.7 Å². The van der Waals surface area contributed by atoms with E-state index < -0.39 is 15.9 Å². The highest BCUT2D eigenvalue weighted by molar-refractivity contribution is 7.89. The van der Waals surface area contributed by atoms with Crippen LogP contribution in [0.2, 0.25) is 0 Å². The average molecular weight is 337 g/mol. The number of hydrogen-bond donors (Lipinski definition) is 2. The molecular formula is C14H19N5O3S. The zero-order valence-electron chi connectivity index (χ0n) is 12.8. The molecule has 3 heterocycles. The average Bonchev–Trinajstić information content (AvgIpc) is 3.11. The van der Waals surface area contributed by atoms with E-state index in [9.17, 15) is 13.2 Å². The summed E-state index contributed by atoms with van der Waals surface area (Å²) in [4.78, 5) is 15.6. The van der Waals surface area contributed by atoms with E-state index in [1.165, 1.54) is 16.8 Å². The Morgan fingerprint density at radius 1 is 1.52 bits per heavy atom. The number of nitrogens with zero attached hydrogens (tertiary/aromatic N) is 3. The van der Waals surface area contributed by atoms with Crippen LogP contribution in [0.4, 0.5) is 0 Å². The summed E-state index contributed by atoms with van der Waals surface area (Å²) in [5.74, 6) is 0.531. The fraction of sp³-hybridized carbons (Fsp3) is 0.429. The Balaban J connectivity index is 1.68. The van der Waals surface area contributed by atoms with Crippen LogP contribution in [0.25, 0.3) is 0 Å². The monoisotopic (exact) mass is 337 g/mol. The van der Waals surface area contributed by atoms with Gasteiger partial charge in [-0.25, -0.2) is 18.1 Å². The van der Waals surface area contributed by atoms with Gasteiger partial charge in [-0.05, 0) is 18.4 Å². The van der Waals surface area contributed by atoms with Crippen LogP contribution in [-0.4, -0.2) is 35.0 Å². The van der Waals surface area contributed by atoms with Gasteiger partial charge < -0.3 is 14.9 Å². The standard InChI is InChI=1S/C14H19N5O3S/c1-18-9-11(7-12(18)14(15)20)23(21,22)17-8-10-2-4-19-5-3-16-13(19)6-10/h3,5,7,9-10,17H,2,4,6,8H2,1H3,(H2,15,20)/t10-/m1/s1. The fourth-order valence-corrected chi connectivity index (χ4v) is 4.01. The number of fused-ring (bicyclic) bond motifs is 1. The molecule has 0 saturated heterocycles. The molecule has 0 fully saturated rings. The summed E-state index contributed by atoms with van der Waals surface area (Å²) in [6.45, 7) is 1.19. The van der Waals surface area contributed by atoms with E-state index in [1.54, 1.807) is 13.2 Å². The van der Waals surface area contributed by atoms with E-state index in [-0.39, 0.29) is 16.5 Å². The second-order valence-electron chi connectivity index (χ2n) is 5.78. The predicted molar refractivity (Wildman–Crippen MR) is 83.2 cm³/mol. The van der Waals surface area contributed by atoms with Gasteiger partial charge in [0, 0.05) is 45.1 Å². The first kappa shape index (κ1) is 15.8. The van der Waals surface area contributed by atoms with Gasteiger partial charge >= 0.3 is 0 Å². The third-order valence-electron chi connectivity index (χ3n) is 4.16. The van der Waals surface area contributed by atoms with Crippen molar-refractivity contribution in [1.29, 1.82) is 0 Å². The number of carbonyl (C=O) groups excluding carboxylic acids is 1. The first-order valence-corrected chi connectivity index (χ1v) is 8.81. The number of sulfonamides is 1. The Morgan fingerprint density at radius 3 is 3.00 bits per heavy atom. The zero-order valence-corrected chi connectivity index (χ0v) is 13.6. The minimum atomic E-state index is -3.66. The molecule has 0 unspecified atom stereocenters. The Kier molecular flexibility index (Phi) is 3.99. The van der Waals surface area contributed by atoms with Crippen molar-refractivity contribution in [1.82, 2.24) is 18.8 Å². The Morgan fingerprint density at radius 2 is 2.30 bits per heavy atom. The lowest BCUT2D eigenvalue weighted by Crippen LogP contribution is -2.33. The summed E-state index contributed by atoms with van der Waals surface area (Å²) >= 11 is 0. The maximum Gasteiger partial charge on any atom is 0.265 e. The fourth-order valence-electron chi connectivity index (χ4n) is 2.83. The zero-order chi connectivity index (χ0) is 16.6. The third-order valence-corrected chi connectivity index (χ3v) is 5.55. The van der Waals surface area contributed by atoms with Crippen molar-refractivity contribution in [2.45, 2.75) is 24.3 Å². The number of rotatable bonds is 5. The molecule has 1 aliphatic rings. The molecule has 2 aromatic rings. The Hall–Kier alpha value is -2.13. The van der Waals surface area contributed by atoms with Crippen molar-refractivity contribution in [2.24, 2.45) is 18.7 Å². The van der Waals surface area contributed by atoms with Gasteiger partial charge in [-0.1, -0.05) is 0 Å². The van der Waals surface area contributed by atoms with Crippen LogP contribution in [0.5, 0.6) is 0 Å². The van der Waals surface area contributed by atoms with E-state index in [0.717, 1.165) is 25.2 Å². The maximum atomic E-state index is 12.4. The van der Waals surface area contributed by atoms with Gasteiger partial charge in [-0.3, -0.25) is 4.79 Å². The van der Waals surface area contributed by atoms with Crippen molar-refractivity contribution in [2.75, 3.05) is 6.54 Å². The molecule has 0 bridgehead atoms. The van der Waals surface area contributed by atoms with Crippen LogP contribution < -0.4 is 10.5 Å². The molecule has 1 amide bonds. The van der Waals surface area contributed by atoms with Crippen molar-refractivity contribution >= 4 is 15.9 Å². The molecule has 23 heavy (non-hydrogen) atoms. The summed E-state index contributed by atoms with van der Waals surface area (Å²) in [6.07, 6.45) is 6.72. The predicted octanol–water partition coefficient (Wildman–Crippen LogP) is -0.139. The topological polar surface area (TPSA) is 112 Å². The summed E-state index contributed by atoms with van der Waals surface area (Å²) < 4.78 is 30.8. The largest absolute Gasteiger partial charge is 0.364 e. The maximum absolute atomic E-state index is 12.4. The number of hydrogen-bond acceptors (Lipinski definition) is 4. The smallest absolute Gasteiger partial charge is 0.265 e. The Labute approximate surface area is 134 Å². The molecule has 3 N–H and O–H groups in total. The summed E-state index contributed by atoms with van der Waals surface area (Å²) in [7, 11) is -2.08. The molecule has 1 aliphatic heterocycles. The number of aromatic nitrogens is 3. The molecule has 0 aromatic carbocycles. The summed E-state index contributed by atoms with van der Waals surface area (Å²) in [5, 5.41) is 0. The quantitative estimate of drug-likeness (QED) is 0.791. The van der Waals surface area contributed by atoms with Gasteiger partial charge in [0.05, 0.1) is 0 Å². The van der Waals surface area contributed by atoms with Crippen LogP contribution >= 0.6 is 0 Å². The molecule has 2 aromatic heterocycles. The van der Waals surface area contributed by atoms with Crippen LogP contribution in [0, 0.1) is 5.92 Å². The molecule has 3 rings (SSSR count). The molecule has 124 valence electrons. The van der Waals surface area contributed by atoms with Gasteiger partial charge in [0.15, 0.2) is 0 Å². The van der Waals surface area contributed by atoms with Crippen molar-refractivity contribution in [3.8, 4) is 0 Å². The van der Waals surface area contributed by atoms with E-state index >= 15 is 0 Å². The third kappa shape index (κ3) is 3.15. The highest BCUT2D eigenvalue weighted by Crippen LogP contribution is 2.19. The highest BCUT2D eigenvalue weighted by Gasteiger charge is 2.23. The number of imidazole rings is 1. The lowest BCUT2D eigenvalue weighted by molar-refractivity contribution is 0.0992. The van der Waals surface area contributed by atoms with E-state index in [1.807, 2.05) is 6.20 Å². The first-order chi connectivity index (χ1) is 10.9.